The number of fused-ring (bicyclic) bond motifs is 1. The van der Waals surface area contributed by atoms with Gasteiger partial charge < -0.3 is 28.9 Å². The van der Waals surface area contributed by atoms with Crippen molar-refractivity contribution in [1.82, 2.24) is 5.06 Å². The molecule has 0 saturated carbocycles. The lowest BCUT2D eigenvalue weighted by molar-refractivity contribution is -0.256. The molecule has 2 fully saturated rings. The van der Waals surface area contributed by atoms with Crippen LogP contribution in [0.4, 0.5) is 0 Å². The van der Waals surface area contributed by atoms with Gasteiger partial charge in [-0.05, 0) is 19.4 Å². The minimum absolute atomic E-state index is 0.0660. The molecule has 9 heteroatoms. The molecular weight excluding hydrogens is 370 g/mol. The number of carboxylic acids is 1. The van der Waals surface area contributed by atoms with Crippen LogP contribution in [-0.2, 0) is 39.9 Å². The van der Waals surface area contributed by atoms with Gasteiger partial charge in [-0.2, -0.15) is 0 Å². The molecule has 2 saturated heterocycles. The highest BCUT2D eigenvalue weighted by Gasteiger charge is 2.60. The molecule has 1 N–H and O–H groups in total. The predicted molar refractivity (Wildman–Crippen MR) is 94.7 cm³/mol. The van der Waals surface area contributed by atoms with Crippen molar-refractivity contribution in [3.05, 3.63) is 35.9 Å². The molecule has 0 aliphatic carbocycles. The number of hydrogen-bond donors (Lipinski definition) is 1. The Morgan fingerprint density at radius 3 is 2.43 bits per heavy atom. The van der Waals surface area contributed by atoms with Crippen LogP contribution in [0, 0.1) is 0 Å². The van der Waals surface area contributed by atoms with Gasteiger partial charge >= 0.3 is 11.9 Å². The first-order valence-corrected chi connectivity index (χ1v) is 8.97. The summed E-state index contributed by atoms with van der Waals surface area (Å²) in [5, 5.41) is 11.1. The van der Waals surface area contributed by atoms with Gasteiger partial charge in [-0.3, -0.25) is 9.59 Å². The summed E-state index contributed by atoms with van der Waals surface area (Å²) in [4.78, 5) is 29.1. The monoisotopic (exact) mass is 395 g/mol. The van der Waals surface area contributed by atoms with E-state index in [2.05, 4.69) is 0 Å². The molecule has 1 aromatic rings. The first-order valence-electron chi connectivity index (χ1n) is 8.97. The summed E-state index contributed by atoms with van der Waals surface area (Å²) >= 11 is 0. The number of carboxylic acid groups (broad SMARTS) is 1. The quantitative estimate of drug-likeness (QED) is 0.684. The van der Waals surface area contributed by atoms with Gasteiger partial charge in [-0.25, -0.2) is 0 Å². The van der Waals surface area contributed by atoms with Crippen molar-refractivity contribution >= 4 is 11.9 Å². The number of benzene rings is 1. The van der Waals surface area contributed by atoms with Gasteiger partial charge in [-0.15, -0.1) is 5.06 Å². The number of methoxy groups -OCH3 is 1. The van der Waals surface area contributed by atoms with Crippen molar-refractivity contribution in [3.8, 4) is 0 Å². The van der Waals surface area contributed by atoms with Gasteiger partial charge in [0.05, 0.1) is 6.54 Å². The zero-order valence-corrected chi connectivity index (χ0v) is 16.2. The molecule has 3 rings (SSSR count). The lowest BCUT2D eigenvalue weighted by Gasteiger charge is -2.32. The average Bonchev–Trinajstić information content (AvgIpc) is 3.08. The fraction of sp³-hybridized carbons (Fsp3) is 0.579. The number of carbonyl (C=O) groups excluding carboxylic acids is 1. The maximum Gasteiger partial charge on any atom is 0.327 e. The molecule has 0 unspecified atom stereocenters. The fourth-order valence-electron chi connectivity index (χ4n) is 3.58. The number of hydroxylamine groups is 2. The van der Waals surface area contributed by atoms with E-state index in [0.29, 0.717) is 0 Å². The lowest BCUT2D eigenvalue weighted by atomic mass is 10.0. The van der Waals surface area contributed by atoms with E-state index < -0.39 is 48.4 Å². The summed E-state index contributed by atoms with van der Waals surface area (Å²) in [5.74, 6) is -2.77. The van der Waals surface area contributed by atoms with Gasteiger partial charge in [0.15, 0.2) is 18.1 Å². The summed E-state index contributed by atoms with van der Waals surface area (Å²) in [6.07, 6.45) is -3.07. The Kier molecular flexibility index (Phi) is 6.01. The first kappa shape index (κ1) is 20.7. The number of nitrogens with zero attached hydrogens (tertiary/aromatic N) is 1. The zero-order valence-electron chi connectivity index (χ0n) is 16.2. The zero-order chi connectivity index (χ0) is 20.5. The Morgan fingerprint density at radius 1 is 1.21 bits per heavy atom. The maximum atomic E-state index is 12.2. The highest BCUT2D eigenvalue weighted by atomic mass is 16.8. The SMILES string of the molecule is CO[C@H]1O[C@H]([C@H](C(=O)O)N(Cc2ccccc2)OC(C)=O)[C@@H]2OC(C)(C)O[C@H]12. The predicted octanol–water partition coefficient (Wildman–Crippen LogP) is 1.31. The van der Waals surface area contributed by atoms with Crippen LogP contribution in [0.15, 0.2) is 30.3 Å². The summed E-state index contributed by atoms with van der Waals surface area (Å²) in [6.45, 7) is 4.75. The Labute approximate surface area is 163 Å². The van der Waals surface area contributed by atoms with Crippen LogP contribution in [0.1, 0.15) is 26.3 Å². The molecule has 28 heavy (non-hydrogen) atoms. The van der Waals surface area contributed by atoms with E-state index in [-0.39, 0.29) is 6.54 Å². The maximum absolute atomic E-state index is 12.2. The molecule has 1 aromatic carbocycles. The Hall–Kier alpha value is -2.04. The normalized spacial score (nSPS) is 29.5. The number of ether oxygens (including phenoxy) is 4. The van der Waals surface area contributed by atoms with E-state index in [1.165, 1.54) is 14.0 Å². The molecule has 0 radical (unpaired) electrons. The van der Waals surface area contributed by atoms with Crippen molar-refractivity contribution in [1.29, 1.82) is 0 Å². The molecule has 0 spiro atoms. The van der Waals surface area contributed by atoms with Crippen molar-refractivity contribution < 1.29 is 38.5 Å². The molecule has 0 bridgehead atoms. The first-order chi connectivity index (χ1) is 13.2. The summed E-state index contributed by atoms with van der Waals surface area (Å²) < 4.78 is 22.8. The number of hydrogen-bond acceptors (Lipinski definition) is 8. The van der Waals surface area contributed by atoms with E-state index >= 15 is 0 Å². The molecule has 9 nitrogen and oxygen atoms in total. The van der Waals surface area contributed by atoms with Crippen LogP contribution in [0.25, 0.3) is 0 Å². The Morgan fingerprint density at radius 2 is 1.86 bits per heavy atom. The fourth-order valence-corrected chi connectivity index (χ4v) is 3.58. The van der Waals surface area contributed by atoms with Crippen LogP contribution < -0.4 is 0 Å². The van der Waals surface area contributed by atoms with Gasteiger partial charge in [0, 0.05) is 14.0 Å². The third-order valence-electron chi connectivity index (χ3n) is 4.58. The molecule has 0 aromatic heterocycles. The van der Waals surface area contributed by atoms with Gasteiger partial charge in [0.2, 0.25) is 0 Å². The second-order valence-electron chi connectivity index (χ2n) is 7.20. The Balaban J connectivity index is 1.91. The van der Waals surface area contributed by atoms with Crippen molar-refractivity contribution in [2.45, 2.75) is 63.7 Å². The molecular formula is C19H25NO8. The van der Waals surface area contributed by atoms with Gasteiger partial charge in [0.1, 0.15) is 18.3 Å². The summed E-state index contributed by atoms with van der Waals surface area (Å²) in [5.41, 5.74) is 0.775. The van der Waals surface area contributed by atoms with Crippen LogP contribution in [0.5, 0.6) is 0 Å². The molecule has 2 aliphatic rings. The molecule has 154 valence electrons. The average molecular weight is 395 g/mol. The number of aliphatic carboxylic acids is 1. The standard InChI is InChI=1S/C19H25NO8/c1-11(21)28-20(10-12-8-6-5-7-9-12)13(17(22)23)14-15-16(18(24-4)25-14)27-19(2,3)26-15/h5-9,13-16,18H,10H2,1-4H3,(H,22,23)/t13-,14-,15+,16+,18+/m1/s1. The van der Waals surface area contributed by atoms with E-state index in [1.54, 1.807) is 13.8 Å². The number of carbonyl (C=O) groups is 2. The lowest BCUT2D eigenvalue weighted by Crippen LogP contribution is -2.53. The smallest absolute Gasteiger partial charge is 0.327 e. The van der Waals surface area contributed by atoms with Gasteiger partial charge in [0.25, 0.3) is 0 Å². The van der Waals surface area contributed by atoms with Crippen LogP contribution >= 0.6 is 0 Å². The largest absolute Gasteiger partial charge is 0.480 e. The highest BCUT2D eigenvalue weighted by Crippen LogP contribution is 2.41. The third kappa shape index (κ3) is 4.34. The van der Waals surface area contributed by atoms with Crippen LogP contribution in [0.3, 0.4) is 0 Å². The minimum Gasteiger partial charge on any atom is -0.480 e. The molecule has 5 atom stereocenters. The van der Waals surface area contributed by atoms with Crippen molar-refractivity contribution in [3.63, 3.8) is 0 Å². The number of rotatable bonds is 7. The second kappa shape index (κ2) is 8.14. The molecule has 2 heterocycles. The minimum atomic E-state index is -1.32. The molecule has 2 aliphatic heterocycles. The van der Waals surface area contributed by atoms with Crippen LogP contribution in [-0.4, -0.2) is 65.6 Å². The van der Waals surface area contributed by atoms with Crippen LogP contribution in [0.2, 0.25) is 0 Å². The second-order valence-corrected chi connectivity index (χ2v) is 7.20. The highest BCUT2D eigenvalue weighted by molar-refractivity contribution is 5.75. The Bertz CT molecular complexity index is 709. The molecule has 0 amide bonds. The van der Waals surface area contributed by atoms with E-state index in [0.717, 1.165) is 10.6 Å². The van der Waals surface area contributed by atoms with Crippen molar-refractivity contribution in [2.24, 2.45) is 0 Å². The van der Waals surface area contributed by atoms with E-state index in [1.807, 2.05) is 30.3 Å². The summed E-state index contributed by atoms with van der Waals surface area (Å²) in [7, 11) is 1.45. The van der Waals surface area contributed by atoms with E-state index in [4.69, 9.17) is 23.8 Å². The topological polar surface area (TPSA) is 104 Å². The van der Waals surface area contributed by atoms with Gasteiger partial charge in [-0.1, -0.05) is 30.3 Å². The third-order valence-corrected chi connectivity index (χ3v) is 4.58. The summed E-state index contributed by atoms with van der Waals surface area (Å²) in [6, 6.07) is 7.77. The van der Waals surface area contributed by atoms with Crippen molar-refractivity contribution in [2.75, 3.05) is 7.11 Å². The van der Waals surface area contributed by atoms with E-state index in [9.17, 15) is 14.7 Å².